The van der Waals surface area contributed by atoms with E-state index in [1.807, 2.05) is 0 Å². The van der Waals surface area contributed by atoms with E-state index in [1.165, 1.54) is 6.33 Å². The third-order valence-electron chi connectivity index (χ3n) is 1.62. The Morgan fingerprint density at radius 3 is 2.92 bits per heavy atom. The van der Waals surface area contributed by atoms with Gasteiger partial charge in [-0.15, -0.1) is 0 Å². The number of nitrogens with zero attached hydrogens (tertiary/aromatic N) is 1. The first-order valence-corrected chi connectivity index (χ1v) is 4.02. The largest absolute Gasteiger partial charge is 0.397 e. The molecule has 0 fully saturated rings. The number of aromatic nitrogens is 2. The third kappa shape index (κ3) is 0.940. The Bertz CT molecular complexity index is 435. The molecule has 0 saturated carbocycles. The topological polar surface area (TPSA) is 54.7 Å². The minimum Gasteiger partial charge on any atom is -0.397 e. The summed E-state index contributed by atoms with van der Waals surface area (Å²) in [5.74, 6) is 0. The predicted octanol–water partition coefficient (Wildman–Crippen LogP) is 2.45. The highest BCUT2D eigenvalue weighted by molar-refractivity contribution is 6.41. The second-order valence-electron chi connectivity index (χ2n) is 2.39. The lowest BCUT2D eigenvalue weighted by Crippen LogP contribution is -1.87. The van der Waals surface area contributed by atoms with E-state index < -0.39 is 0 Å². The first-order chi connectivity index (χ1) is 5.70. The van der Waals surface area contributed by atoms with E-state index in [2.05, 4.69) is 9.97 Å². The van der Waals surface area contributed by atoms with Gasteiger partial charge in [-0.05, 0) is 6.07 Å². The summed E-state index contributed by atoms with van der Waals surface area (Å²) >= 11 is 11.7. The Morgan fingerprint density at radius 2 is 2.17 bits per heavy atom. The van der Waals surface area contributed by atoms with Gasteiger partial charge in [-0.1, -0.05) is 23.2 Å². The van der Waals surface area contributed by atoms with Gasteiger partial charge in [0.25, 0.3) is 0 Å². The second kappa shape index (κ2) is 2.54. The van der Waals surface area contributed by atoms with Crippen LogP contribution in [0.2, 0.25) is 10.0 Å². The number of nitrogens with two attached hydrogens (primary N) is 1. The van der Waals surface area contributed by atoms with Crippen molar-refractivity contribution in [1.82, 2.24) is 9.97 Å². The van der Waals surface area contributed by atoms with E-state index in [0.717, 1.165) is 0 Å². The van der Waals surface area contributed by atoms with Crippen LogP contribution in [0.4, 0.5) is 5.69 Å². The number of H-pyrrole nitrogens is 1. The Balaban J connectivity index is 2.97. The number of hydrogen-bond acceptors (Lipinski definition) is 2. The molecule has 0 aliphatic heterocycles. The molecule has 5 heteroatoms. The van der Waals surface area contributed by atoms with Crippen LogP contribution < -0.4 is 5.73 Å². The van der Waals surface area contributed by atoms with Gasteiger partial charge in [-0.25, -0.2) is 4.98 Å². The molecule has 2 rings (SSSR count). The number of imidazole rings is 1. The van der Waals surface area contributed by atoms with Crippen LogP contribution in [0.25, 0.3) is 11.0 Å². The van der Waals surface area contributed by atoms with E-state index in [4.69, 9.17) is 28.9 Å². The normalized spacial score (nSPS) is 10.8. The number of fused-ring (bicyclic) bond motifs is 1. The molecule has 3 N–H and O–H groups in total. The molecule has 2 aromatic rings. The molecule has 0 aliphatic carbocycles. The average molecular weight is 202 g/mol. The molecule has 0 spiro atoms. The smallest absolute Gasteiger partial charge is 0.109 e. The van der Waals surface area contributed by atoms with Gasteiger partial charge in [-0.2, -0.15) is 0 Å². The summed E-state index contributed by atoms with van der Waals surface area (Å²) in [5.41, 5.74) is 7.37. The maximum Gasteiger partial charge on any atom is 0.109 e. The highest BCUT2D eigenvalue weighted by Crippen LogP contribution is 2.32. The molecule has 0 amide bonds. The van der Waals surface area contributed by atoms with E-state index >= 15 is 0 Å². The fraction of sp³-hybridized carbons (Fsp3) is 0. The van der Waals surface area contributed by atoms with Crippen molar-refractivity contribution >= 4 is 39.9 Å². The number of rotatable bonds is 0. The van der Waals surface area contributed by atoms with Crippen LogP contribution in [0.15, 0.2) is 12.4 Å². The van der Waals surface area contributed by atoms with Crippen molar-refractivity contribution in [3.63, 3.8) is 0 Å². The number of aromatic amines is 1. The number of benzene rings is 1. The lowest BCUT2D eigenvalue weighted by Gasteiger charge is -1.99. The van der Waals surface area contributed by atoms with Crippen LogP contribution in [0.1, 0.15) is 0 Å². The number of nitrogens with one attached hydrogen (secondary N) is 1. The van der Waals surface area contributed by atoms with Gasteiger partial charge in [0.2, 0.25) is 0 Å². The van der Waals surface area contributed by atoms with Crippen molar-refractivity contribution in [2.24, 2.45) is 0 Å². The molecule has 0 atom stereocenters. The first kappa shape index (κ1) is 7.71. The lowest BCUT2D eigenvalue weighted by atomic mass is 10.3. The molecule has 62 valence electrons. The van der Waals surface area contributed by atoms with Crippen LogP contribution in [-0.4, -0.2) is 9.97 Å². The third-order valence-corrected chi connectivity index (χ3v) is 2.32. The van der Waals surface area contributed by atoms with Crippen LogP contribution in [0.5, 0.6) is 0 Å². The van der Waals surface area contributed by atoms with Crippen molar-refractivity contribution in [3.05, 3.63) is 22.4 Å². The van der Waals surface area contributed by atoms with Crippen molar-refractivity contribution in [3.8, 4) is 0 Å². The van der Waals surface area contributed by atoms with Crippen LogP contribution in [0.3, 0.4) is 0 Å². The van der Waals surface area contributed by atoms with Crippen LogP contribution in [-0.2, 0) is 0 Å². The van der Waals surface area contributed by atoms with E-state index in [1.54, 1.807) is 6.07 Å². The number of anilines is 1. The zero-order chi connectivity index (χ0) is 8.72. The molecule has 1 aromatic heterocycles. The molecular weight excluding hydrogens is 197 g/mol. The van der Waals surface area contributed by atoms with Crippen molar-refractivity contribution in [2.75, 3.05) is 5.73 Å². The Kier molecular flexibility index (Phi) is 1.63. The summed E-state index contributed by atoms with van der Waals surface area (Å²) in [7, 11) is 0. The van der Waals surface area contributed by atoms with Crippen LogP contribution in [0, 0.1) is 0 Å². The standard InChI is InChI=1S/C7H5Cl2N3/c8-3-1-4(10)5(9)7-6(3)11-2-12-7/h1-2H,10H2,(H,11,12). The number of nitrogen functional groups attached to an aromatic ring is 1. The molecule has 0 radical (unpaired) electrons. The Morgan fingerprint density at radius 1 is 1.42 bits per heavy atom. The van der Waals surface area contributed by atoms with E-state index in [0.29, 0.717) is 26.8 Å². The second-order valence-corrected chi connectivity index (χ2v) is 3.17. The zero-order valence-electron chi connectivity index (χ0n) is 5.94. The summed E-state index contributed by atoms with van der Waals surface area (Å²) in [6, 6.07) is 1.59. The minimum absolute atomic E-state index is 0.457. The molecule has 3 nitrogen and oxygen atoms in total. The molecule has 0 aliphatic rings. The molecule has 1 heterocycles. The maximum absolute atomic E-state index is 5.88. The number of halogens is 2. The summed E-state index contributed by atoms with van der Waals surface area (Å²) < 4.78 is 0. The van der Waals surface area contributed by atoms with Gasteiger partial charge in [0.15, 0.2) is 0 Å². The maximum atomic E-state index is 5.88. The monoisotopic (exact) mass is 201 g/mol. The number of hydrogen-bond donors (Lipinski definition) is 2. The van der Waals surface area contributed by atoms with Gasteiger partial charge in [0.05, 0.1) is 27.6 Å². The van der Waals surface area contributed by atoms with Crippen molar-refractivity contribution in [2.45, 2.75) is 0 Å². The molecule has 0 bridgehead atoms. The average Bonchev–Trinajstić information content (AvgIpc) is 2.48. The van der Waals surface area contributed by atoms with Gasteiger partial charge in [0.1, 0.15) is 5.52 Å². The van der Waals surface area contributed by atoms with Gasteiger partial charge >= 0.3 is 0 Å². The summed E-state index contributed by atoms with van der Waals surface area (Å²) in [5, 5.41) is 0.972. The van der Waals surface area contributed by atoms with E-state index in [9.17, 15) is 0 Å². The van der Waals surface area contributed by atoms with Gasteiger partial charge in [-0.3, -0.25) is 0 Å². The fourth-order valence-corrected chi connectivity index (χ4v) is 1.51. The molecule has 1 aromatic carbocycles. The first-order valence-electron chi connectivity index (χ1n) is 3.26. The van der Waals surface area contributed by atoms with Gasteiger partial charge in [0, 0.05) is 0 Å². The lowest BCUT2D eigenvalue weighted by molar-refractivity contribution is 1.34. The summed E-state index contributed by atoms with van der Waals surface area (Å²) in [6.07, 6.45) is 1.53. The molecule has 0 saturated heterocycles. The summed E-state index contributed by atoms with van der Waals surface area (Å²) in [6.45, 7) is 0. The van der Waals surface area contributed by atoms with Gasteiger partial charge < -0.3 is 10.7 Å². The van der Waals surface area contributed by atoms with Crippen LogP contribution >= 0.6 is 23.2 Å². The molecular formula is C7H5Cl2N3. The van der Waals surface area contributed by atoms with E-state index in [-0.39, 0.29) is 0 Å². The van der Waals surface area contributed by atoms with Crippen molar-refractivity contribution < 1.29 is 0 Å². The quantitative estimate of drug-likeness (QED) is 0.644. The SMILES string of the molecule is Nc1cc(Cl)c2nc[nH]c2c1Cl. The van der Waals surface area contributed by atoms with Crippen molar-refractivity contribution in [1.29, 1.82) is 0 Å². The summed E-state index contributed by atoms with van der Waals surface area (Å²) in [4.78, 5) is 6.85. The molecule has 12 heavy (non-hydrogen) atoms. The highest BCUT2D eigenvalue weighted by Gasteiger charge is 2.08. The Labute approximate surface area is 78.5 Å². The zero-order valence-corrected chi connectivity index (χ0v) is 7.45. The molecule has 0 unspecified atom stereocenters. The highest BCUT2D eigenvalue weighted by atomic mass is 35.5. The Hall–Kier alpha value is -0.930. The minimum atomic E-state index is 0.457. The fourth-order valence-electron chi connectivity index (χ4n) is 1.06. The predicted molar refractivity (Wildman–Crippen MR) is 50.5 cm³/mol.